The number of hydrogen-bond acceptors (Lipinski definition) is 4. The Morgan fingerprint density at radius 2 is 1.93 bits per heavy atom. The lowest BCUT2D eigenvalue weighted by atomic mass is 10.1. The lowest BCUT2D eigenvalue weighted by Crippen LogP contribution is -2.41. The van der Waals surface area contributed by atoms with E-state index < -0.39 is 0 Å². The van der Waals surface area contributed by atoms with Crippen LogP contribution in [0, 0.1) is 5.92 Å². The van der Waals surface area contributed by atoms with Crippen LogP contribution < -0.4 is 11.1 Å². The van der Waals surface area contributed by atoms with E-state index in [0.29, 0.717) is 38.3 Å². The quantitative estimate of drug-likeness (QED) is 0.528. The van der Waals surface area contributed by atoms with Crippen LogP contribution in [0.3, 0.4) is 0 Å². The molecule has 0 aliphatic rings. The molecule has 0 aliphatic heterocycles. The van der Waals surface area contributed by atoms with Crippen molar-refractivity contribution in [3.8, 4) is 0 Å². The highest BCUT2D eigenvalue weighted by Gasteiger charge is 2.09. The molecule has 0 heterocycles. The Bertz CT molecular complexity index is 121. The van der Waals surface area contributed by atoms with Crippen LogP contribution in [0.2, 0.25) is 0 Å². The van der Waals surface area contributed by atoms with Crippen molar-refractivity contribution >= 4 is 0 Å². The normalized spacial score (nSPS) is 13.5. The number of ether oxygens (including phenoxy) is 2. The zero-order valence-electron chi connectivity index (χ0n) is 9.58. The van der Waals surface area contributed by atoms with Crippen LogP contribution in [0.15, 0.2) is 0 Å². The van der Waals surface area contributed by atoms with Gasteiger partial charge in [0.25, 0.3) is 0 Å². The Morgan fingerprint density at radius 1 is 1.21 bits per heavy atom. The molecule has 4 nitrogen and oxygen atoms in total. The predicted molar refractivity (Wildman–Crippen MR) is 58.4 cm³/mol. The number of hydrogen-bond donors (Lipinski definition) is 2. The van der Waals surface area contributed by atoms with E-state index in [2.05, 4.69) is 19.2 Å². The summed E-state index contributed by atoms with van der Waals surface area (Å²) in [6.07, 6.45) is 0. The summed E-state index contributed by atoms with van der Waals surface area (Å²) in [4.78, 5) is 0. The first kappa shape index (κ1) is 13.8. The van der Waals surface area contributed by atoms with Gasteiger partial charge in [0, 0.05) is 26.2 Å². The Balaban J connectivity index is 3.25. The van der Waals surface area contributed by atoms with Crippen LogP contribution >= 0.6 is 0 Å². The molecule has 14 heavy (non-hydrogen) atoms. The number of nitrogens with two attached hydrogens (primary N) is 1. The van der Waals surface area contributed by atoms with Crippen LogP contribution in [0.5, 0.6) is 0 Å². The highest BCUT2D eigenvalue weighted by Crippen LogP contribution is 1.98. The second-order valence-electron chi connectivity index (χ2n) is 3.65. The average molecular weight is 204 g/mol. The molecule has 0 radical (unpaired) electrons. The Labute approximate surface area is 87.1 Å². The minimum atomic E-state index is 0.390. The van der Waals surface area contributed by atoms with Gasteiger partial charge >= 0.3 is 0 Å². The van der Waals surface area contributed by atoms with Crippen LogP contribution in [0.25, 0.3) is 0 Å². The SMILES string of the molecule is COCCOCCNC(CN)C(C)C. The summed E-state index contributed by atoms with van der Waals surface area (Å²) >= 11 is 0. The van der Waals surface area contributed by atoms with Gasteiger partial charge in [-0.25, -0.2) is 0 Å². The van der Waals surface area contributed by atoms with Crippen LogP contribution in [-0.2, 0) is 9.47 Å². The molecule has 0 saturated heterocycles. The third kappa shape index (κ3) is 7.26. The van der Waals surface area contributed by atoms with E-state index in [0.717, 1.165) is 6.54 Å². The summed E-state index contributed by atoms with van der Waals surface area (Å²) in [5.41, 5.74) is 5.61. The van der Waals surface area contributed by atoms with E-state index in [1.807, 2.05) is 0 Å². The molecule has 86 valence electrons. The molecule has 1 unspecified atom stereocenters. The van der Waals surface area contributed by atoms with Gasteiger partial charge < -0.3 is 20.5 Å². The fourth-order valence-corrected chi connectivity index (χ4v) is 1.15. The molecule has 0 bridgehead atoms. The maximum Gasteiger partial charge on any atom is 0.0700 e. The fraction of sp³-hybridized carbons (Fsp3) is 1.00. The van der Waals surface area contributed by atoms with Gasteiger partial charge in [0.15, 0.2) is 0 Å². The van der Waals surface area contributed by atoms with Gasteiger partial charge in [-0.05, 0) is 5.92 Å². The summed E-state index contributed by atoms with van der Waals surface area (Å²) in [5.74, 6) is 0.568. The first-order valence-electron chi connectivity index (χ1n) is 5.22. The van der Waals surface area contributed by atoms with Crippen LogP contribution in [0.1, 0.15) is 13.8 Å². The average Bonchev–Trinajstić information content (AvgIpc) is 2.16. The second-order valence-corrected chi connectivity index (χ2v) is 3.65. The molecule has 0 aliphatic carbocycles. The van der Waals surface area contributed by atoms with Gasteiger partial charge in [0.05, 0.1) is 19.8 Å². The van der Waals surface area contributed by atoms with E-state index in [9.17, 15) is 0 Å². The lowest BCUT2D eigenvalue weighted by molar-refractivity contribution is 0.0705. The molecular weight excluding hydrogens is 180 g/mol. The monoisotopic (exact) mass is 204 g/mol. The molecule has 0 rings (SSSR count). The Hall–Kier alpha value is -0.160. The molecule has 0 fully saturated rings. The molecular formula is C10H24N2O2. The van der Waals surface area contributed by atoms with Crippen molar-refractivity contribution < 1.29 is 9.47 Å². The molecule has 0 amide bonds. The van der Waals surface area contributed by atoms with Crippen molar-refractivity contribution in [3.05, 3.63) is 0 Å². The van der Waals surface area contributed by atoms with Crippen LogP contribution in [0.4, 0.5) is 0 Å². The van der Waals surface area contributed by atoms with E-state index >= 15 is 0 Å². The Morgan fingerprint density at radius 3 is 2.43 bits per heavy atom. The van der Waals surface area contributed by atoms with Crippen molar-refractivity contribution in [2.45, 2.75) is 19.9 Å². The third-order valence-corrected chi connectivity index (χ3v) is 2.14. The number of rotatable bonds is 9. The van der Waals surface area contributed by atoms with Gasteiger partial charge in [-0.2, -0.15) is 0 Å². The summed E-state index contributed by atoms with van der Waals surface area (Å²) in [6, 6.07) is 0.390. The highest BCUT2D eigenvalue weighted by atomic mass is 16.5. The zero-order chi connectivity index (χ0) is 10.8. The molecule has 4 heteroatoms. The van der Waals surface area contributed by atoms with Crippen molar-refractivity contribution in [2.75, 3.05) is 40.0 Å². The topological polar surface area (TPSA) is 56.5 Å². The Kier molecular flexibility index (Phi) is 9.29. The van der Waals surface area contributed by atoms with Crippen molar-refractivity contribution in [1.29, 1.82) is 0 Å². The molecule has 0 saturated carbocycles. The summed E-state index contributed by atoms with van der Waals surface area (Å²) in [5, 5.41) is 3.35. The minimum Gasteiger partial charge on any atom is -0.382 e. The third-order valence-electron chi connectivity index (χ3n) is 2.14. The molecule has 0 spiro atoms. The molecule has 0 aromatic rings. The van der Waals surface area contributed by atoms with Gasteiger partial charge in [0.1, 0.15) is 0 Å². The van der Waals surface area contributed by atoms with Crippen molar-refractivity contribution in [1.82, 2.24) is 5.32 Å². The molecule has 3 N–H and O–H groups in total. The smallest absolute Gasteiger partial charge is 0.0700 e. The standard InChI is InChI=1S/C10H24N2O2/c1-9(2)10(8-11)12-4-5-14-7-6-13-3/h9-10,12H,4-8,11H2,1-3H3. The largest absolute Gasteiger partial charge is 0.382 e. The summed E-state index contributed by atoms with van der Waals surface area (Å²) < 4.78 is 10.2. The lowest BCUT2D eigenvalue weighted by Gasteiger charge is -2.20. The fourth-order valence-electron chi connectivity index (χ4n) is 1.15. The maximum absolute atomic E-state index is 5.61. The maximum atomic E-state index is 5.61. The number of methoxy groups -OCH3 is 1. The first-order valence-corrected chi connectivity index (χ1v) is 5.22. The second kappa shape index (κ2) is 9.40. The van der Waals surface area contributed by atoms with Crippen molar-refractivity contribution in [3.63, 3.8) is 0 Å². The predicted octanol–water partition coefficient (Wildman–Crippen LogP) is 0.222. The van der Waals surface area contributed by atoms with E-state index in [1.165, 1.54) is 0 Å². The van der Waals surface area contributed by atoms with E-state index in [-0.39, 0.29) is 0 Å². The first-order chi connectivity index (χ1) is 6.72. The highest BCUT2D eigenvalue weighted by molar-refractivity contribution is 4.70. The molecule has 1 atom stereocenters. The van der Waals surface area contributed by atoms with Gasteiger partial charge in [-0.15, -0.1) is 0 Å². The van der Waals surface area contributed by atoms with Crippen LogP contribution in [-0.4, -0.2) is 46.1 Å². The molecule has 0 aromatic heterocycles. The summed E-state index contributed by atoms with van der Waals surface area (Å²) in [7, 11) is 1.67. The summed E-state index contributed by atoms with van der Waals surface area (Å²) in [6.45, 7) is 7.89. The number of nitrogens with one attached hydrogen (secondary N) is 1. The van der Waals surface area contributed by atoms with Gasteiger partial charge in [0.2, 0.25) is 0 Å². The minimum absolute atomic E-state index is 0.390. The molecule has 0 aromatic carbocycles. The van der Waals surface area contributed by atoms with E-state index in [1.54, 1.807) is 7.11 Å². The van der Waals surface area contributed by atoms with Crippen molar-refractivity contribution in [2.24, 2.45) is 11.7 Å². The van der Waals surface area contributed by atoms with E-state index in [4.69, 9.17) is 15.2 Å². The van der Waals surface area contributed by atoms with Gasteiger partial charge in [-0.1, -0.05) is 13.8 Å². The zero-order valence-corrected chi connectivity index (χ0v) is 9.58. The van der Waals surface area contributed by atoms with Gasteiger partial charge in [-0.3, -0.25) is 0 Å².